The number of halogens is 2. The number of carbonyl (C=O) groups excluding carboxylic acids is 1. The van der Waals surface area contributed by atoms with Crippen LogP contribution in [0, 0.1) is 0 Å². The molecule has 1 fully saturated rings. The second-order valence-electron chi connectivity index (χ2n) is 10.4. The third kappa shape index (κ3) is 9.17. The van der Waals surface area contributed by atoms with E-state index in [4.69, 9.17) is 32.9 Å². The third-order valence-corrected chi connectivity index (χ3v) is 7.56. The van der Waals surface area contributed by atoms with Gasteiger partial charge in [0, 0.05) is 36.3 Å². The number of benzene rings is 2. The number of morpholine rings is 1. The van der Waals surface area contributed by atoms with Gasteiger partial charge in [-0.15, -0.1) is 0 Å². The highest BCUT2D eigenvalue weighted by Crippen LogP contribution is 2.29. The minimum atomic E-state index is -0.332. The number of hydrogen-bond donors (Lipinski definition) is 2. The fraction of sp³-hybridized carbons (Fsp3) is 0.531. The number of amides is 1. The largest absolute Gasteiger partial charge is 0.379 e. The Hall–Kier alpha value is -2.65. The summed E-state index contributed by atoms with van der Waals surface area (Å²) in [7, 11) is 0. The van der Waals surface area contributed by atoms with Crippen LogP contribution in [0.2, 0.25) is 10.0 Å². The van der Waals surface area contributed by atoms with Crippen LogP contribution >= 0.6 is 23.2 Å². The molecular formula is C32H46Cl2N6O2. The summed E-state index contributed by atoms with van der Waals surface area (Å²) in [5.41, 5.74) is 2.97. The van der Waals surface area contributed by atoms with Gasteiger partial charge in [0.25, 0.3) is 5.91 Å². The molecule has 0 radical (unpaired) electrons. The summed E-state index contributed by atoms with van der Waals surface area (Å²) in [6.45, 7) is 17.1. The molecule has 1 aliphatic heterocycles. The van der Waals surface area contributed by atoms with E-state index in [2.05, 4.69) is 45.9 Å². The number of nitrogens with one attached hydrogen (secondary N) is 2. The van der Waals surface area contributed by atoms with Crippen LogP contribution in [0.1, 0.15) is 83.0 Å². The van der Waals surface area contributed by atoms with Gasteiger partial charge < -0.3 is 19.9 Å². The van der Waals surface area contributed by atoms with Crippen molar-refractivity contribution in [2.45, 2.75) is 72.9 Å². The van der Waals surface area contributed by atoms with Crippen LogP contribution in [-0.4, -0.2) is 72.0 Å². The quantitative estimate of drug-likeness (QED) is 0.172. The van der Waals surface area contributed by atoms with Crippen LogP contribution in [0.25, 0.3) is 11.0 Å². The van der Waals surface area contributed by atoms with Crippen molar-refractivity contribution in [1.82, 2.24) is 20.2 Å². The molecule has 1 aliphatic rings. The van der Waals surface area contributed by atoms with Gasteiger partial charge in [0.1, 0.15) is 11.7 Å². The number of hydrogen-bond acceptors (Lipinski definition) is 5. The van der Waals surface area contributed by atoms with E-state index in [-0.39, 0.29) is 18.0 Å². The Morgan fingerprint density at radius 3 is 2.52 bits per heavy atom. The first kappa shape index (κ1) is 33.8. The van der Waals surface area contributed by atoms with Gasteiger partial charge >= 0.3 is 0 Å². The summed E-state index contributed by atoms with van der Waals surface area (Å²) in [6.07, 6.45) is 3.03. The van der Waals surface area contributed by atoms with Crippen molar-refractivity contribution in [1.29, 1.82) is 0 Å². The van der Waals surface area contributed by atoms with Crippen molar-refractivity contribution in [3.05, 3.63) is 57.8 Å². The van der Waals surface area contributed by atoms with Gasteiger partial charge in [0.05, 0.1) is 47.5 Å². The Kier molecular flexibility index (Phi) is 13.6. The van der Waals surface area contributed by atoms with Crippen LogP contribution in [0.5, 0.6) is 0 Å². The van der Waals surface area contributed by atoms with E-state index in [1.54, 1.807) is 12.1 Å². The van der Waals surface area contributed by atoms with Crippen LogP contribution in [-0.2, 0) is 4.74 Å². The fourth-order valence-corrected chi connectivity index (χ4v) is 5.38. The summed E-state index contributed by atoms with van der Waals surface area (Å²) in [4.78, 5) is 30.8. The van der Waals surface area contributed by atoms with Crippen LogP contribution in [0.15, 0.2) is 41.4 Å². The summed E-state index contributed by atoms with van der Waals surface area (Å²) in [5.74, 6) is 1.44. The average molecular weight is 618 g/mol. The van der Waals surface area contributed by atoms with Gasteiger partial charge in [-0.25, -0.2) is 4.98 Å². The van der Waals surface area contributed by atoms with E-state index >= 15 is 0 Å². The molecule has 1 amide bonds. The molecule has 0 saturated carbocycles. The molecule has 2 aromatic carbocycles. The number of aliphatic imine (C=N–C) groups is 1. The Morgan fingerprint density at radius 1 is 1.12 bits per heavy atom. The highest BCUT2D eigenvalue weighted by Gasteiger charge is 2.23. The first-order valence-electron chi connectivity index (χ1n) is 15.2. The number of imidazole rings is 1. The van der Waals surface area contributed by atoms with E-state index in [1.165, 1.54) is 0 Å². The lowest BCUT2D eigenvalue weighted by atomic mass is 10.1. The maximum absolute atomic E-state index is 13.2. The zero-order valence-electron chi connectivity index (χ0n) is 25.8. The zero-order valence-corrected chi connectivity index (χ0v) is 27.4. The zero-order chi connectivity index (χ0) is 30.6. The first-order chi connectivity index (χ1) is 20.3. The SMILES string of the molecule is CC.CCCC(C)N=C(CN1CCOCC1)N(CCC)c1ccc(C(=O)NC(C)c2nc3ccc(Cl)cc3[nH]2)cc1Cl. The molecule has 4 rings (SSSR count). The van der Waals surface area contributed by atoms with Crippen molar-refractivity contribution in [2.75, 3.05) is 44.3 Å². The molecular weight excluding hydrogens is 571 g/mol. The molecule has 230 valence electrons. The van der Waals surface area contributed by atoms with E-state index in [1.807, 2.05) is 45.0 Å². The molecule has 10 heteroatoms. The number of carbonyl (C=O) groups is 1. The summed E-state index contributed by atoms with van der Waals surface area (Å²) in [6, 6.07) is 10.8. The number of rotatable bonds is 11. The number of nitrogens with zero attached hydrogens (tertiary/aromatic N) is 4. The molecule has 0 aliphatic carbocycles. The lowest BCUT2D eigenvalue weighted by Crippen LogP contribution is -2.45. The average Bonchev–Trinajstić information content (AvgIpc) is 3.41. The molecule has 2 heterocycles. The Labute approximate surface area is 260 Å². The van der Waals surface area contributed by atoms with Crippen molar-refractivity contribution in [3.63, 3.8) is 0 Å². The summed E-state index contributed by atoms with van der Waals surface area (Å²) < 4.78 is 5.56. The van der Waals surface area contributed by atoms with Crippen molar-refractivity contribution < 1.29 is 9.53 Å². The van der Waals surface area contributed by atoms with Crippen LogP contribution < -0.4 is 10.2 Å². The molecule has 2 atom stereocenters. The molecule has 2 N–H and O–H groups in total. The number of aromatic amines is 1. The van der Waals surface area contributed by atoms with E-state index in [0.29, 0.717) is 21.4 Å². The van der Waals surface area contributed by atoms with Gasteiger partial charge in [-0.3, -0.25) is 14.7 Å². The first-order valence-corrected chi connectivity index (χ1v) is 15.9. The topological polar surface area (TPSA) is 85.8 Å². The number of aromatic nitrogens is 2. The predicted octanol–water partition coefficient (Wildman–Crippen LogP) is 7.52. The van der Waals surface area contributed by atoms with Crippen LogP contribution in [0.3, 0.4) is 0 Å². The van der Waals surface area contributed by atoms with Crippen molar-refractivity contribution in [3.8, 4) is 0 Å². The van der Waals surface area contributed by atoms with Crippen molar-refractivity contribution >= 4 is 51.7 Å². The molecule has 8 nitrogen and oxygen atoms in total. The Morgan fingerprint density at radius 2 is 1.86 bits per heavy atom. The van der Waals surface area contributed by atoms with E-state index in [0.717, 1.165) is 81.2 Å². The second-order valence-corrected chi connectivity index (χ2v) is 11.2. The molecule has 0 bridgehead atoms. The number of H-pyrrole nitrogens is 1. The lowest BCUT2D eigenvalue weighted by molar-refractivity contribution is 0.0451. The maximum atomic E-state index is 13.2. The van der Waals surface area contributed by atoms with E-state index in [9.17, 15) is 4.79 Å². The van der Waals surface area contributed by atoms with Crippen LogP contribution in [0.4, 0.5) is 5.69 Å². The number of anilines is 1. The standard InChI is InChI=1S/C30H40Cl2N6O2.C2H6/c1-5-7-20(3)33-28(19-37-13-15-40-16-14-37)38(12-6-2)27-11-8-22(17-24(27)32)30(39)34-21(4)29-35-25-10-9-23(31)18-26(25)36-29;1-2/h8-11,17-18,20-21H,5-7,12-16,19H2,1-4H3,(H,34,39)(H,35,36);1-2H3. The maximum Gasteiger partial charge on any atom is 0.251 e. The molecule has 2 unspecified atom stereocenters. The van der Waals surface area contributed by atoms with Gasteiger partial charge in [0.15, 0.2) is 0 Å². The van der Waals surface area contributed by atoms with Gasteiger partial charge in [-0.1, -0.05) is 57.3 Å². The molecule has 3 aromatic rings. The number of amidine groups is 1. The monoisotopic (exact) mass is 616 g/mol. The predicted molar refractivity (Wildman–Crippen MR) is 176 cm³/mol. The smallest absolute Gasteiger partial charge is 0.251 e. The molecule has 1 aromatic heterocycles. The lowest BCUT2D eigenvalue weighted by Gasteiger charge is -2.33. The van der Waals surface area contributed by atoms with Gasteiger partial charge in [-0.05, 0) is 63.1 Å². The third-order valence-electron chi connectivity index (χ3n) is 7.02. The second kappa shape index (κ2) is 16.8. The summed E-state index contributed by atoms with van der Waals surface area (Å²) >= 11 is 13.0. The highest BCUT2D eigenvalue weighted by molar-refractivity contribution is 6.34. The minimum Gasteiger partial charge on any atom is -0.379 e. The summed E-state index contributed by atoms with van der Waals surface area (Å²) in [5, 5.41) is 4.17. The van der Waals surface area contributed by atoms with Gasteiger partial charge in [0.2, 0.25) is 0 Å². The molecule has 1 saturated heterocycles. The highest BCUT2D eigenvalue weighted by atomic mass is 35.5. The van der Waals surface area contributed by atoms with Gasteiger partial charge in [-0.2, -0.15) is 0 Å². The van der Waals surface area contributed by atoms with Crippen molar-refractivity contribution in [2.24, 2.45) is 4.99 Å². The number of ether oxygens (including phenoxy) is 1. The van der Waals surface area contributed by atoms with E-state index < -0.39 is 0 Å². The molecule has 0 spiro atoms. The Bertz CT molecular complexity index is 1320. The minimum absolute atomic E-state index is 0.208. The molecule has 42 heavy (non-hydrogen) atoms. The normalized spacial score (nSPS) is 15.6. The fourth-order valence-electron chi connectivity index (χ4n) is 4.93. The Balaban J connectivity index is 0.00000237. The number of fused-ring (bicyclic) bond motifs is 1.